The molecule has 2 rings (SSSR count). The highest BCUT2D eigenvalue weighted by molar-refractivity contribution is 5.34. The summed E-state index contributed by atoms with van der Waals surface area (Å²) in [4.78, 5) is 0. The lowest BCUT2D eigenvalue weighted by Gasteiger charge is -2.08. The van der Waals surface area contributed by atoms with E-state index in [1.165, 1.54) is 62.5 Å². The average Bonchev–Trinajstić information content (AvgIpc) is 2.58. The van der Waals surface area contributed by atoms with Crippen molar-refractivity contribution in [2.24, 2.45) is 0 Å². The van der Waals surface area contributed by atoms with Gasteiger partial charge in [-0.1, -0.05) is 63.8 Å². The smallest absolute Gasteiger partial charge is 0.127 e. The molecule has 0 aromatic heterocycles. The Morgan fingerprint density at radius 3 is 1.30 bits per heavy atom. The Morgan fingerprint density at radius 2 is 0.957 bits per heavy atom. The molecule has 0 atom stereocenters. The van der Waals surface area contributed by atoms with Crippen molar-refractivity contribution in [1.82, 2.24) is 0 Å². The maximum Gasteiger partial charge on any atom is 0.127 e. The van der Waals surface area contributed by atoms with Gasteiger partial charge in [0, 0.05) is 0 Å². The Balaban J connectivity index is 1.84. The molecule has 0 saturated carbocycles. The molecule has 0 heterocycles. The highest BCUT2D eigenvalue weighted by Crippen LogP contribution is 2.23. The molecule has 0 bridgehead atoms. The van der Waals surface area contributed by atoms with E-state index in [2.05, 4.69) is 62.4 Å². The van der Waals surface area contributed by atoms with Gasteiger partial charge in [0.2, 0.25) is 0 Å². The zero-order valence-corrected chi connectivity index (χ0v) is 14.7. The first-order valence-electron chi connectivity index (χ1n) is 9.17. The highest BCUT2D eigenvalue weighted by atomic mass is 16.5. The second-order valence-corrected chi connectivity index (χ2v) is 6.30. The van der Waals surface area contributed by atoms with Crippen LogP contribution in [0.1, 0.15) is 63.5 Å². The van der Waals surface area contributed by atoms with Crippen LogP contribution >= 0.6 is 0 Å². The summed E-state index contributed by atoms with van der Waals surface area (Å²) in [6.07, 6.45) is 10.0. The molecule has 0 aliphatic rings. The minimum Gasteiger partial charge on any atom is -0.457 e. The fraction of sp³-hybridized carbons (Fsp3) is 0.455. The van der Waals surface area contributed by atoms with Crippen molar-refractivity contribution in [1.29, 1.82) is 0 Å². The first-order valence-corrected chi connectivity index (χ1v) is 9.17. The van der Waals surface area contributed by atoms with Gasteiger partial charge in [-0.2, -0.15) is 0 Å². The summed E-state index contributed by atoms with van der Waals surface area (Å²) >= 11 is 0. The molecular formula is C22H30O. The van der Waals surface area contributed by atoms with E-state index in [9.17, 15) is 0 Å². The van der Waals surface area contributed by atoms with Crippen LogP contribution in [0.5, 0.6) is 11.5 Å². The molecule has 0 fully saturated rings. The maximum atomic E-state index is 5.94. The summed E-state index contributed by atoms with van der Waals surface area (Å²) in [7, 11) is 0. The summed E-state index contributed by atoms with van der Waals surface area (Å²) in [5, 5.41) is 0. The van der Waals surface area contributed by atoms with Gasteiger partial charge in [0.05, 0.1) is 0 Å². The van der Waals surface area contributed by atoms with Crippen LogP contribution in [0.3, 0.4) is 0 Å². The summed E-state index contributed by atoms with van der Waals surface area (Å²) < 4.78 is 5.94. The van der Waals surface area contributed by atoms with Crippen molar-refractivity contribution in [3.63, 3.8) is 0 Å². The Bertz CT molecular complexity index is 488. The van der Waals surface area contributed by atoms with Crippen molar-refractivity contribution < 1.29 is 4.74 Å². The van der Waals surface area contributed by atoms with Crippen LogP contribution < -0.4 is 4.74 Å². The van der Waals surface area contributed by atoms with Gasteiger partial charge in [0.25, 0.3) is 0 Å². The van der Waals surface area contributed by atoms with E-state index in [1.54, 1.807) is 0 Å². The topological polar surface area (TPSA) is 9.23 Å². The lowest BCUT2D eigenvalue weighted by Crippen LogP contribution is -1.89. The molecule has 0 radical (unpaired) electrons. The molecule has 2 aromatic carbocycles. The van der Waals surface area contributed by atoms with Crippen LogP contribution in [0.25, 0.3) is 0 Å². The Kier molecular flexibility index (Phi) is 7.72. The maximum absolute atomic E-state index is 5.94. The number of aryl methyl sites for hydroxylation is 2. The number of hydrogen-bond donors (Lipinski definition) is 0. The first-order chi connectivity index (χ1) is 11.3. The van der Waals surface area contributed by atoms with Crippen molar-refractivity contribution >= 4 is 0 Å². The van der Waals surface area contributed by atoms with Crippen LogP contribution in [-0.2, 0) is 12.8 Å². The number of benzene rings is 2. The molecule has 0 spiro atoms. The molecule has 0 amide bonds. The zero-order chi connectivity index (χ0) is 16.3. The second kappa shape index (κ2) is 10.1. The molecule has 1 heteroatoms. The third-order valence-electron chi connectivity index (χ3n) is 4.22. The number of rotatable bonds is 10. The lowest BCUT2D eigenvalue weighted by atomic mass is 10.1. The van der Waals surface area contributed by atoms with Crippen LogP contribution in [0.2, 0.25) is 0 Å². The van der Waals surface area contributed by atoms with Crippen molar-refractivity contribution in [3.8, 4) is 11.5 Å². The van der Waals surface area contributed by atoms with Gasteiger partial charge in [-0.25, -0.2) is 0 Å². The monoisotopic (exact) mass is 310 g/mol. The summed E-state index contributed by atoms with van der Waals surface area (Å²) in [6, 6.07) is 17.1. The van der Waals surface area contributed by atoms with Gasteiger partial charge >= 0.3 is 0 Å². The van der Waals surface area contributed by atoms with Gasteiger partial charge in [-0.05, 0) is 61.1 Å². The molecule has 1 nitrogen and oxygen atoms in total. The van der Waals surface area contributed by atoms with E-state index >= 15 is 0 Å². The molecule has 0 N–H and O–H groups in total. The van der Waals surface area contributed by atoms with Crippen LogP contribution in [0.15, 0.2) is 48.5 Å². The SMILES string of the molecule is CCCCCc1ccc(Oc2ccc(CCCCC)cc2)cc1. The van der Waals surface area contributed by atoms with E-state index in [4.69, 9.17) is 4.74 Å². The Morgan fingerprint density at radius 1 is 0.565 bits per heavy atom. The van der Waals surface area contributed by atoms with Crippen LogP contribution in [-0.4, -0.2) is 0 Å². The van der Waals surface area contributed by atoms with Crippen LogP contribution in [0.4, 0.5) is 0 Å². The third-order valence-corrected chi connectivity index (χ3v) is 4.22. The molecule has 0 unspecified atom stereocenters. The van der Waals surface area contributed by atoms with E-state index in [0.29, 0.717) is 0 Å². The van der Waals surface area contributed by atoms with Gasteiger partial charge < -0.3 is 4.74 Å². The van der Waals surface area contributed by atoms with Crippen molar-refractivity contribution in [3.05, 3.63) is 59.7 Å². The Hall–Kier alpha value is -1.76. The predicted octanol–water partition coefficient (Wildman–Crippen LogP) is 6.94. The standard InChI is InChI=1S/C22H30O/c1-3-5-7-9-19-11-15-21(16-12-19)23-22-17-13-20(14-18-22)10-8-6-4-2/h11-18H,3-10H2,1-2H3. The van der Waals surface area contributed by atoms with Crippen LogP contribution in [0, 0.1) is 0 Å². The molecule has 0 saturated heterocycles. The number of unbranched alkanes of at least 4 members (excludes halogenated alkanes) is 4. The predicted molar refractivity (Wildman–Crippen MR) is 99.4 cm³/mol. The minimum atomic E-state index is 0.919. The Labute approximate surface area is 141 Å². The largest absolute Gasteiger partial charge is 0.457 e. The molecule has 124 valence electrons. The number of hydrogen-bond acceptors (Lipinski definition) is 1. The second-order valence-electron chi connectivity index (χ2n) is 6.30. The lowest BCUT2D eigenvalue weighted by molar-refractivity contribution is 0.482. The number of ether oxygens (including phenoxy) is 1. The summed E-state index contributed by atoms with van der Waals surface area (Å²) in [5.74, 6) is 1.84. The van der Waals surface area contributed by atoms with E-state index < -0.39 is 0 Å². The fourth-order valence-corrected chi connectivity index (χ4v) is 2.74. The van der Waals surface area contributed by atoms with Gasteiger partial charge in [-0.15, -0.1) is 0 Å². The van der Waals surface area contributed by atoms with Gasteiger partial charge in [-0.3, -0.25) is 0 Å². The normalized spacial score (nSPS) is 10.7. The van der Waals surface area contributed by atoms with E-state index in [-0.39, 0.29) is 0 Å². The zero-order valence-electron chi connectivity index (χ0n) is 14.7. The van der Waals surface area contributed by atoms with E-state index in [0.717, 1.165) is 11.5 Å². The van der Waals surface area contributed by atoms with E-state index in [1.807, 2.05) is 0 Å². The fourth-order valence-electron chi connectivity index (χ4n) is 2.74. The summed E-state index contributed by atoms with van der Waals surface area (Å²) in [6.45, 7) is 4.48. The summed E-state index contributed by atoms with van der Waals surface area (Å²) in [5.41, 5.74) is 2.80. The van der Waals surface area contributed by atoms with Crippen molar-refractivity contribution in [2.75, 3.05) is 0 Å². The van der Waals surface area contributed by atoms with Gasteiger partial charge in [0.15, 0.2) is 0 Å². The third kappa shape index (κ3) is 6.48. The average molecular weight is 310 g/mol. The molecule has 2 aromatic rings. The molecular weight excluding hydrogens is 280 g/mol. The quantitative estimate of drug-likeness (QED) is 0.432. The highest BCUT2D eigenvalue weighted by Gasteiger charge is 2.00. The first kappa shape index (κ1) is 17.6. The van der Waals surface area contributed by atoms with Crippen molar-refractivity contribution in [2.45, 2.75) is 65.2 Å². The van der Waals surface area contributed by atoms with Gasteiger partial charge in [0.1, 0.15) is 11.5 Å². The molecule has 23 heavy (non-hydrogen) atoms. The minimum absolute atomic E-state index is 0.919. The molecule has 0 aliphatic heterocycles. The molecule has 0 aliphatic carbocycles.